The Morgan fingerprint density at radius 2 is 2.00 bits per heavy atom. The summed E-state index contributed by atoms with van der Waals surface area (Å²) in [5, 5.41) is 7.66. The molecule has 0 saturated carbocycles. The second-order valence-electron chi connectivity index (χ2n) is 5.02. The average molecular weight is 287 g/mol. The maximum Gasteiger partial charge on any atom is 0.327 e. The fraction of sp³-hybridized carbons (Fsp3) is 0.375. The van der Waals surface area contributed by atoms with E-state index in [1.54, 1.807) is 0 Å². The Balaban J connectivity index is 2.19. The van der Waals surface area contributed by atoms with Crippen LogP contribution >= 0.6 is 0 Å². The number of rotatable bonds is 5. The molecule has 1 aromatic heterocycles. The van der Waals surface area contributed by atoms with Gasteiger partial charge in [0.25, 0.3) is 0 Å². The van der Waals surface area contributed by atoms with Crippen molar-refractivity contribution < 1.29 is 9.53 Å². The van der Waals surface area contributed by atoms with Crippen LogP contribution in [-0.4, -0.2) is 22.9 Å². The number of carbonyl (C=O) groups excluding carboxylic acids is 1. The van der Waals surface area contributed by atoms with Crippen LogP contribution in [0.1, 0.15) is 28.6 Å². The van der Waals surface area contributed by atoms with E-state index in [9.17, 15) is 4.79 Å². The second kappa shape index (κ2) is 6.54. The van der Waals surface area contributed by atoms with Crippen LogP contribution in [0.5, 0.6) is 0 Å². The van der Waals surface area contributed by atoms with Crippen LogP contribution in [0.15, 0.2) is 30.3 Å². The van der Waals surface area contributed by atoms with E-state index in [4.69, 9.17) is 4.74 Å². The number of hydrogen-bond donors (Lipinski definition) is 1. The zero-order valence-corrected chi connectivity index (χ0v) is 12.9. The number of hydrogen-bond acceptors (Lipinski definition) is 4. The summed E-state index contributed by atoms with van der Waals surface area (Å²) in [4.78, 5) is 12.0. The predicted octanol–water partition coefficient (Wildman–Crippen LogP) is 2.04. The normalized spacial score (nSPS) is 12.2. The summed E-state index contributed by atoms with van der Waals surface area (Å²) in [5.74, 6) is -0.291. The molecule has 1 atom stereocenters. The number of aromatic nitrogens is 2. The van der Waals surface area contributed by atoms with E-state index in [1.165, 1.54) is 7.11 Å². The summed E-state index contributed by atoms with van der Waals surface area (Å²) in [6, 6.07) is 9.10. The first kappa shape index (κ1) is 15.3. The zero-order chi connectivity index (χ0) is 15.4. The summed E-state index contributed by atoms with van der Waals surface area (Å²) < 4.78 is 6.75. The zero-order valence-electron chi connectivity index (χ0n) is 12.9. The van der Waals surface area contributed by atoms with Gasteiger partial charge >= 0.3 is 5.97 Å². The molecule has 1 aromatic carbocycles. The lowest BCUT2D eigenvalue weighted by Gasteiger charge is -2.17. The van der Waals surface area contributed by atoms with Gasteiger partial charge in [0.1, 0.15) is 6.04 Å². The molecular formula is C16H21N3O2. The molecule has 2 aromatic rings. The minimum atomic E-state index is -0.477. The summed E-state index contributed by atoms with van der Waals surface area (Å²) in [6.07, 6.45) is 0. The monoisotopic (exact) mass is 287 g/mol. The fourth-order valence-electron chi connectivity index (χ4n) is 2.38. The second-order valence-corrected chi connectivity index (χ2v) is 5.02. The van der Waals surface area contributed by atoms with Crippen molar-refractivity contribution >= 4 is 5.97 Å². The third-order valence-corrected chi connectivity index (χ3v) is 3.71. The molecule has 2 rings (SSSR count). The van der Waals surface area contributed by atoms with Crippen molar-refractivity contribution in [3.8, 4) is 0 Å². The largest absolute Gasteiger partial charge is 0.468 e. The van der Waals surface area contributed by atoms with Crippen molar-refractivity contribution in [1.29, 1.82) is 0 Å². The molecule has 1 heterocycles. The molecule has 0 fully saturated rings. The van der Waals surface area contributed by atoms with Gasteiger partial charge in [-0.15, -0.1) is 0 Å². The van der Waals surface area contributed by atoms with E-state index in [-0.39, 0.29) is 5.97 Å². The van der Waals surface area contributed by atoms with Crippen LogP contribution in [-0.2, 0) is 23.1 Å². The highest BCUT2D eigenvalue weighted by Gasteiger charge is 2.21. The maximum absolute atomic E-state index is 12.0. The van der Waals surface area contributed by atoms with Crippen LogP contribution < -0.4 is 5.32 Å². The van der Waals surface area contributed by atoms with Crippen molar-refractivity contribution in [1.82, 2.24) is 15.1 Å². The average Bonchev–Trinajstić information content (AvgIpc) is 2.74. The molecule has 0 bridgehead atoms. The standard InChI is InChI=1S/C16H21N3O2/c1-11-14(12(2)19(3)18-11)10-17-15(16(20)21-4)13-8-6-5-7-9-13/h5-9,15,17H,10H2,1-4H3. The lowest BCUT2D eigenvalue weighted by atomic mass is 10.1. The maximum atomic E-state index is 12.0. The van der Waals surface area contributed by atoms with Gasteiger partial charge < -0.3 is 4.74 Å². The van der Waals surface area contributed by atoms with Gasteiger partial charge in [-0.05, 0) is 19.4 Å². The van der Waals surface area contributed by atoms with Gasteiger partial charge in [0.2, 0.25) is 0 Å². The third-order valence-electron chi connectivity index (χ3n) is 3.71. The van der Waals surface area contributed by atoms with Gasteiger partial charge in [0, 0.05) is 24.8 Å². The summed E-state index contributed by atoms with van der Waals surface area (Å²) >= 11 is 0. The lowest BCUT2D eigenvalue weighted by Crippen LogP contribution is -2.29. The number of ether oxygens (including phenoxy) is 1. The van der Waals surface area contributed by atoms with Gasteiger partial charge in [-0.3, -0.25) is 10.00 Å². The molecule has 21 heavy (non-hydrogen) atoms. The Kier molecular flexibility index (Phi) is 4.75. The van der Waals surface area contributed by atoms with E-state index in [1.807, 2.05) is 55.9 Å². The van der Waals surface area contributed by atoms with Crippen molar-refractivity contribution in [2.75, 3.05) is 7.11 Å². The highest BCUT2D eigenvalue weighted by molar-refractivity contribution is 5.77. The van der Waals surface area contributed by atoms with Gasteiger partial charge in [-0.1, -0.05) is 30.3 Å². The van der Waals surface area contributed by atoms with Crippen LogP contribution in [0.25, 0.3) is 0 Å². The molecule has 0 spiro atoms. The van der Waals surface area contributed by atoms with Gasteiger partial charge in [-0.25, -0.2) is 4.79 Å². The number of methoxy groups -OCH3 is 1. The smallest absolute Gasteiger partial charge is 0.327 e. The molecule has 5 heteroatoms. The van der Waals surface area contributed by atoms with Crippen molar-refractivity contribution in [2.24, 2.45) is 7.05 Å². The lowest BCUT2D eigenvalue weighted by molar-refractivity contribution is -0.143. The number of nitrogens with zero attached hydrogens (tertiary/aromatic N) is 2. The molecule has 0 aliphatic carbocycles. The summed E-state index contributed by atoms with van der Waals surface area (Å²) in [5.41, 5.74) is 4.07. The molecule has 0 saturated heterocycles. The van der Waals surface area contributed by atoms with E-state index in [2.05, 4.69) is 10.4 Å². The Bertz CT molecular complexity index is 620. The number of aryl methyl sites for hydroxylation is 2. The van der Waals surface area contributed by atoms with Crippen LogP contribution in [0.2, 0.25) is 0 Å². The quantitative estimate of drug-likeness (QED) is 0.855. The van der Waals surface area contributed by atoms with Gasteiger partial charge in [0.05, 0.1) is 12.8 Å². The number of esters is 1. The fourth-order valence-corrected chi connectivity index (χ4v) is 2.38. The summed E-state index contributed by atoms with van der Waals surface area (Å²) in [6.45, 7) is 4.56. The Morgan fingerprint density at radius 3 is 2.52 bits per heavy atom. The van der Waals surface area contributed by atoms with Crippen molar-refractivity contribution in [2.45, 2.75) is 26.4 Å². The highest BCUT2D eigenvalue weighted by atomic mass is 16.5. The SMILES string of the molecule is COC(=O)C(NCc1c(C)nn(C)c1C)c1ccccc1. The van der Waals surface area contributed by atoms with Gasteiger partial charge in [-0.2, -0.15) is 5.10 Å². The van der Waals surface area contributed by atoms with Crippen LogP contribution in [0.4, 0.5) is 0 Å². The number of carbonyl (C=O) groups is 1. The molecular weight excluding hydrogens is 266 g/mol. The molecule has 112 valence electrons. The van der Waals surface area contributed by atoms with Gasteiger partial charge in [0.15, 0.2) is 0 Å². The van der Waals surface area contributed by atoms with Crippen molar-refractivity contribution in [3.05, 3.63) is 52.8 Å². The predicted molar refractivity (Wildman–Crippen MR) is 80.7 cm³/mol. The first-order valence-corrected chi connectivity index (χ1v) is 6.89. The first-order valence-electron chi connectivity index (χ1n) is 6.89. The minimum Gasteiger partial charge on any atom is -0.468 e. The Hall–Kier alpha value is -2.14. The molecule has 0 amide bonds. The van der Waals surface area contributed by atoms with Crippen LogP contribution in [0, 0.1) is 13.8 Å². The van der Waals surface area contributed by atoms with Crippen molar-refractivity contribution in [3.63, 3.8) is 0 Å². The topological polar surface area (TPSA) is 56.1 Å². The first-order chi connectivity index (χ1) is 10.0. The highest BCUT2D eigenvalue weighted by Crippen LogP contribution is 2.17. The molecule has 5 nitrogen and oxygen atoms in total. The van der Waals surface area contributed by atoms with E-state index >= 15 is 0 Å². The van der Waals surface area contributed by atoms with E-state index < -0.39 is 6.04 Å². The third kappa shape index (κ3) is 3.31. The van der Waals surface area contributed by atoms with Crippen LogP contribution in [0.3, 0.4) is 0 Å². The molecule has 1 N–H and O–H groups in total. The molecule has 1 unspecified atom stereocenters. The Morgan fingerprint density at radius 1 is 1.33 bits per heavy atom. The Labute approximate surface area is 124 Å². The minimum absolute atomic E-state index is 0.291. The molecule has 0 aliphatic rings. The number of nitrogens with one attached hydrogen (secondary N) is 1. The number of benzene rings is 1. The summed E-state index contributed by atoms with van der Waals surface area (Å²) in [7, 11) is 3.32. The molecule has 0 radical (unpaired) electrons. The van der Waals surface area contributed by atoms with E-state index in [0.29, 0.717) is 6.54 Å². The van der Waals surface area contributed by atoms with E-state index in [0.717, 1.165) is 22.5 Å². The molecule has 0 aliphatic heterocycles.